The summed E-state index contributed by atoms with van der Waals surface area (Å²) in [4.78, 5) is 0. The molecule has 0 aromatic heterocycles. The van der Waals surface area contributed by atoms with Crippen molar-refractivity contribution in [2.24, 2.45) is 0 Å². The third-order valence-electron chi connectivity index (χ3n) is 5.76. The number of benzene rings is 4. The van der Waals surface area contributed by atoms with E-state index < -0.39 is 0 Å². The van der Waals surface area contributed by atoms with Crippen LogP contribution in [0.4, 0.5) is 0 Å². The fourth-order valence-electron chi connectivity index (χ4n) is 4.71. The molecule has 0 aliphatic carbocycles. The summed E-state index contributed by atoms with van der Waals surface area (Å²) in [5.41, 5.74) is 12.6. The molecule has 0 N–H and O–H groups in total. The van der Waals surface area contributed by atoms with Gasteiger partial charge in [-0.25, -0.2) is 0 Å². The third-order valence-corrected chi connectivity index (χ3v) is 8.55. The van der Waals surface area contributed by atoms with Gasteiger partial charge in [-0.05, 0) is 13.8 Å². The van der Waals surface area contributed by atoms with E-state index in [1.807, 2.05) is 0 Å². The van der Waals surface area contributed by atoms with Crippen LogP contribution in [0.15, 0.2) is 84.9 Å². The van der Waals surface area contributed by atoms with Gasteiger partial charge in [-0.1, -0.05) is 6.07 Å². The molecule has 0 nitrogen and oxygen atoms in total. The minimum atomic E-state index is -0.130. The normalized spacial score (nSPS) is 11.0. The van der Waals surface area contributed by atoms with Crippen molar-refractivity contribution in [2.75, 3.05) is 0 Å². The predicted molar refractivity (Wildman–Crippen MR) is 139 cm³/mol. The molecule has 0 fully saturated rings. The Bertz CT molecular complexity index is 1180. The second-order valence-electron chi connectivity index (χ2n) is 9.22. The van der Waals surface area contributed by atoms with Crippen molar-refractivity contribution in [3.8, 4) is 0 Å². The topological polar surface area (TPSA) is 0 Å². The van der Waals surface area contributed by atoms with E-state index in [1.165, 1.54) is 59.7 Å². The first-order chi connectivity index (χ1) is 15.4. The molecule has 0 aliphatic heterocycles. The zero-order chi connectivity index (χ0) is 22.5. The standard InChI is InChI=1S/C31H32Ge/c1-22-10-23(2)12-26(11-22)17-27-13-24(3)14-28(18-27)19-29-15-25(4)16-30(20-29)21-32-31-8-6-5-7-9-31/h5-16,18,20H,17,19,21H2,1-4H3. The first-order valence-electron chi connectivity index (χ1n) is 11.5. The van der Waals surface area contributed by atoms with E-state index in [-0.39, 0.29) is 15.4 Å². The minimum absolute atomic E-state index is 0.130. The molecular formula is C31H32Ge. The van der Waals surface area contributed by atoms with Gasteiger partial charge in [0.15, 0.2) is 0 Å². The fourth-order valence-corrected chi connectivity index (χ4v) is 6.89. The van der Waals surface area contributed by atoms with Crippen LogP contribution in [0.2, 0.25) is 0 Å². The molecule has 0 spiro atoms. The van der Waals surface area contributed by atoms with Crippen LogP contribution in [0.3, 0.4) is 0 Å². The molecule has 0 saturated carbocycles. The van der Waals surface area contributed by atoms with Crippen molar-refractivity contribution in [3.05, 3.63) is 135 Å². The van der Waals surface area contributed by atoms with Gasteiger partial charge in [0, 0.05) is 0 Å². The molecule has 4 rings (SSSR count). The Labute approximate surface area is 200 Å². The van der Waals surface area contributed by atoms with Gasteiger partial charge >= 0.3 is 181 Å². The molecule has 0 saturated heterocycles. The molecule has 1 heteroatoms. The average molecular weight is 477 g/mol. The first kappa shape index (κ1) is 22.6. The van der Waals surface area contributed by atoms with Crippen LogP contribution in [0.25, 0.3) is 0 Å². The summed E-state index contributed by atoms with van der Waals surface area (Å²) in [5, 5.41) is 1.21. The van der Waals surface area contributed by atoms with Crippen LogP contribution >= 0.6 is 0 Å². The predicted octanol–water partition coefficient (Wildman–Crippen LogP) is 6.63. The van der Waals surface area contributed by atoms with Crippen LogP contribution < -0.4 is 4.40 Å². The van der Waals surface area contributed by atoms with Crippen molar-refractivity contribution in [3.63, 3.8) is 0 Å². The summed E-state index contributed by atoms with van der Waals surface area (Å²) in [6.45, 7) is 8.83. The second-order valence-corrected chi connectivity index (χ2v) is 11.9. The number of hydrogen-bond donors (Lipinski definition) is 0. The Morgan fingerprint density at radius 2 is 0.875 bits per heavy atom. The van der Waals surface area contributed by atoms with Crippen molar-refractivity contribution in [1.29, 1.82) is 0 Å². The van der Waals surface area contributed by atoms with E-state index in [0.717, 1.165) is 12.8 Å². The molecule has 160 valence electrons. The van der Waals surface area contributed by atoms with Gasteiger partial charge in [-0.3, -0.25) is 0 Å². The SMILES string of the molecule is Cc1cc(C)cc(Cc2cc(C)cc(Cc3cc(C)cc([CH2][Ge][c]4ccccc4)c3)c2)c1. The van der Waals surface area contributed by atoms with Gasteiger partial charge in [-0.15, -0.1) is 0 Å². The molecule has 0 heterocycles. The Morgan fingerprint density at radius 1 is 0.469 bits per heavy atom. The molecule has 4 aromatic carbocycles. The van der Waals surface area contributed by atoms with Crippen molar-refractivity contribution in [2.45, 2.75) is 45.8 Å². The molecule has 0 unspecified atom stereocenters. The average Bonchev–Trinajstić information content (AvgIpc) is 2.71. The fraction of sp³-hybridized carbons (Fsp3) is 0.226. The van der Waals surface area contributed by atoms with E-state index in [2.05, 4.69) is 113 Å². The molecule has 32 heavy (non-hydrogen) atoms. The maximum absolute atomic E-state index is 2.44. The Morgan fingerprint density at radius 3 is 1.41 bits per heavy atom. The van der Waals surface area contributed by atoms with Crippen LogP contribution in [-0.4, -0.2) is 15.4 Å². The van der Waals surface area contributed by atoms with Crippen molar-refractivity contribution < 1.29 is 0 Å². The Hall–Kier alpha value is -2.58. The Balaban J connectivity index is 1.51. The molecule has 0 amide bonds. The number of hydrogen-bond acceptors (Lipinski definition) is 0. The van der Waals surface area contributed by atoms with Gasteiger partial charge in [-0.2, -0.15) is 0 Å². The van der Waals surface area contributed by atoms with Crippen LogP contribution in [0.1, 0.15) is 50.1 Å². The second kappa shape index (κ2) is 10.4. The van der Waals surface area contributed by atoms with Crippen LogP contribution in [-0.2, 0) is 18.1 Å². The van der Waals surface area contributed by atoms with E-state index in [9.17, 15) is 0 Å². The summed E-state index contributed by atoms with van der Waals surface area (Å²) in [6, 6.07) is 32.1. The third kappa shape index (κ3) is 6.46. The molecule has 2 radical (unpaired) electrons. The summed E-state index contributed by atoms with van der Waals surface area (Å²) in [7, 11) is 0. The van der Waals surface area contributed by atoms with E-state index >= 15 is 0 Å². The van der Waals surface area contributed by atoms with E-state index in [0.29, 0.717) is 0 Å². The van der Waals surface area contributed by atoms with Gasteiger partial charge < -0.3 is 0 Å². The molecule has 0 bridgehead atoms. The molecule has 0 aliphatic rings. The van der Waals surface area contributed by atoms with Gasteiger partial charge in [0.05, 0.1) is 0 Å². The Kier molecular flexibility index (Phi) is 7.32. The summed E-state index contributed by atoms with van der Waals surface area (Å²) < 4.78 is 1.53. The number of aryl methyl sites for hydroxylation is 4. The summed E-state index contributed by atoms with van der Waals surface area (Å²) in [6.07, 6.45) is 2.00. The summed E-state index contributed by atoms with van der Waals surface area (Å²) >= 11 is -0.130. The van der Waals surface area contributed by atoms with E-state index in [4.69, 9.17) is 0 Å². The van der Waals surface area contributed by atoms with Gasteiger partial charge in [0.2, 0.25) is 0 Å². The first-order valence-corrected chi connectivity index (χ1v) is 14.0. The van der Waals surface area contributed by atoms with Crippen molar-refractivity contribution in [1.82, 2.24) is 0 Å². The van der Waals surface area contributed by atoms with Gasteiger partial charge in [0.1, 0.15) is 0 Å². The monoisotopic (exact) mass is 478 g/mol. The maximum atomic E-state index is 2.44. The zero-order valence-corrected chi connectivity index (χ0v) is 21.8. The number of rotatable bonds is 7. The van der Waals surface area contributed by atoms with Crippen LogP contribution in [0.5, 0.6) is 0 Å². The van der Waals surface area contributed by atoms with Gasteiger partial charge in [0.25, 0.3) is 0 Å². The quantitative estimate of drug-likeness (QED) is 0.262. The zero-order valence-electron chi connectivity index (χ0n) is 19.7. The molecule has 0 atom stereocenters. The molecule has 4 aromatic rings. The molecular weight excluding hydrogens is 445 g/mol. The van der Waals surface area contributed by atoms with E-state index in [1.54, 1.807) is 0 Å². The van der Waals surface area contributed by atoms with Crippen molar-refractivity contribution >= 4 is 19.8 Å². The summed E-state index contributed by atoms with van der Waals surface area (Å²) in [5.74, 6) is 0. The van der Waals surface area contributed by atoms with Crippen LogP contribution in [0, 0.1) is 27.7 Å².